The molecule has 0 aliphatic heterocycles. The van der Waals surface area contributed by atoms with Gasteiger partial charge in [0.2, 0.25) is 5.91 Å². The maximum Gasteiger partial charge on any atom is 0.390 e. The van der Waals surface area contributed by atoms with Gasteiger partial charge in [0.15, 0.2) is 5.82 Å². The first-order chi connectivity index (χ1) is 17.4. The van der Waals surface area contributed by atoms with Crippen molar-refractivity contribution in [3.63, 3.8) is 0 Å². The predicted octanol–water partition coefficient (Wildman–Crippen LogP) is 2.21. The van der Waals surface area contributed by atoms with Crippen molar-refractivity contribution in [1.82, 2.24) is 30.6 Å². The number of carbonyl (C=O) groups excluding carboxylic acids is 2. The highest BCUT2D eigenvalue weighted by Gasteiger charge is 2.23. The van der Waals surface area contributed by atoms with Gasteiger partial charge in [0.1, 0.15) is 6.54 Å². The monoisotopic (exact) mass is 489 g/mol. The van der Waals surface area contributed by atoms with Gasteiger partial charge in [-0.3, -0.25) is 9.59 Å². The minimum absolute atomic E-state index is 0.00682. The molecule has 2 aromatic heterocycles. The highest BCUT2D eigenvalue weighted by atomic mass is 16.6. The van der Waals surface area contributed by atoms with Gasteiger partial charge in [-0.05, 0) is 23.0 Å². The van der Waals surface area contributed by atoms with Crippen molar-refractivity contribution in [2.75, 3.05) is 13.1 Å². The summed E-state index contributed by atoms with van der Waals surface area (Å²) in [5.74, 6) is -1.69. The molecule has 4 aromatic rings. The number of hydrogen-bond acceptors (Lipinski definition) is 8. The fourth-order valence-corrected chi connectivity index (χ4v) is 3.61. The standard InChI is InChI=1S/C24H23N7O5/c1-16-14-20(31(34)35)28-30(16)15-19-27-24(36-29-19)23(33)26-13-12-25-22(32)21(17-8-4-2-5-9-17)18-10-6-3-7-11-18/h2-11,14,21H,12-13,15H2,1H3,(H,25,32)(H,26,33). The van der Waals surface area contributed by atoms with Crippen molar-refractivity contribution in [2.24, 2.45) is 0 Å². The van der Waals surface area contributed by atoms with E-state index in [1.54, 1.807) is 6.92 Å². The summed E-state index contributed by atoms with van der Waals surface area (Å²) < 4.78 is 6.33. The fraction of sp³-hybridized carbons (Fsp3) is 0.208. The number of nitro groups is 1. The van der Waals surface area contributed by atoms with Gasteiger partial charge in [-0.1, -0.05) is 65.8 Å². The average molecular weight is 489 g/mol. The summed E-state index contributed by atoms with van der Waals surface area (Å²) in [4.78, 5) is 39.6. The van der Waals surface area contributed by atoms with Crippen molar-refractivity contribution < 1.29 is 19.0 Å². The van der Waals surface area contributed by atoms with E-state index >= 15 is 0 Å². The summed E-state index contributed by atoms with van der Waals surface area (Å²) in [6, 6.07) is 20.2. The van der Waals surface area contributed by atoms with Crippen LogP contribution < -0.4 is 10.6 Å². The Kier molecular flexibility index (Phi) is 7.44. The number of nitrogens with one attached hydrogen (secondary N) is 2. The number of benzene rings is 2. The lowest BCUT2D eigenvalue weighted by Crippen LogP contribution is -2.37. The molecule has 36 heavy (non-hydrogen) atoms. The topological polar surface area (TPSA) is 158 Å². The van der Waals surface area contributed by atoms with Crippen LogP contribution in [0.4, 0.5) is 5.82 Å². The summed E-state index contributed by atoms with van der Waals surface area (Å²) in [5.41, 5.74) is 2.26. The number of nitrogens with zero attached hydrogens (tertiary/aromatic N) is 5. The van der Waals surface area contributed by atoms with E-state index in [2.05, 4.69) is 25.9 Å². The summed E-state index contributed by atoms with van der Waals surface area (Å²) in [6.45, 7) is 2.00. The molecule has 0 spiro atoms. The first kappa shape index (κ1) is 24.3. The number of amides is 2. The SMILES string of the molecule is Cc1cc([N+](=O)[O-])nn1Cc1noc(C(=O)NCCNC(=O)C(c2ccccc2)c2ccccc2)n1. The number of hydrogen-bond donors (Lipinski definition) is 2. The Morgan fingerprint density at radius 2 is 1.64 bits per heavy atom. The summed E-state index contributed by atoms with van der Waals surface area (Å²) in [7, 11) is 0. The lowest BCUT2D eigenvalue weighted by Gasteiger charge is -2.18. The van der Waals surface area contributed by atoms with E-state index in [0.717, 1.165) is 11.1 Å². The molecule has 0 aliphatic carbocycles. The molecule has 2 heterocycles. The molecule has 0 aliphatic rings. The second-order valence-electron chi connectivity index (χ2n) is 7.88. The van der Waals surface area contributed by atoms with Gasteiger partial charge in [-0.25, -0.2) is 0 Å². The van der Waals surface area contributed by atoms with Crippen molar-refractivity contribution in [3.8, 4) is 0 Å². The van der Waals surface area contributed by atoms with Crippen molar-refractivity contribution in [2.45, 2.75) is 19.4 Å². The van der Waals surface area contributed by atoms with Gasteiger partial charge in [0.05, 0.1) is 22.8 Å². The normalized spacial score (nSPS) is 10.8. The Balaban J connectivity index is 1.30. The highest BCUT2D eigenvalue weighted by Crippen LogP contribution is 2.24. The van der Waals surface area contributed by atoms with E-state index in [0.29, 0.717) is 5.69 Å². The molecule has 2 amide bonds. The molecule has 12 heteroatoms. The van der Waals surface area contributed by atoms with Crippen LogP contribution in [0.3, 0.4) is 0 Å². The van der Waals surface area contributed by atoms with Gasteiger partial charge >= 0.3 is 17.6 Å². The first-order valence-electron chi connectivity index (χ1n) is 11.1. The second-order valence-corrected chi connectivity index (χ2v) is 7.88. The predicted molar refractivity (Wildman–Crippen MR) is 127 cm³/mol. The van der Waals surface area contributed by atoms with E-state index in [1.165, 1.54) is 10.7 Å². The van der Waals surface area contributed by atoms with E-state index in [1.807, 2.05) is 60.7 Å². The lowest BCUT2D eigenvalue weighted by molar-refractivity contribution is -0.389. The van der Waals surface area contributed by atoms with Crippen LogP contribution in [0, 0.1) is 17.0 Å². The molecule has 4 rings (SSSR count). The molecular formula is C24H23N7O5. The Morgan fingerprint density at radius 1 is 1.03 bits per heavy atom. The maximum absolute atomic E-state index is 13.0. The Bertz CT molecular complexity index is 1310. The largest absolute Gasteiger partial charge is 0.390 e. The molecule has 0 bridgehead atoms. The van der Waals surface area contributed by atoms with Crippen molar-refractivity contribution in [3.05, 3.63) is 105 Å². The minimum Gasteiger partial charge on any atom is -0.358 e. The molecule has 0 saturated heterocycles. The van der Waals surface area contributed by atoms with Gasteiger partial charge in [-0.2, -0.15) is 9.67 Å². The van der Waals surface area contributed by atoms with E-state index in [-0.39, 0.29) is 43.1 Å². The fourth-order valence-electron chi connectivity index (χ4n) is 3.61. The van der Waals surface area contributed by atoms with E-state index in [9.17, 15) is 19.7 Å². The highest BCUT2D eigenvalue weighted by molar-refractivity contribution is 5.89. The van der Waals surface area contributed by atoms with Crippen LogP contribution in [-0.2, 0) is 11.3 Å². The quantitative estimate of drug-likeness (QED) is 0.195. The average Bonchev–Trinajstić information content (AvgIpc) is 3.50. The van der Waals surface area contributed by atoms with Crippen LogP contribution >= 0.6 is 0 Å². The Morgan fingerprint density at radius 3 is 2.22 bits per heavy atom. The molecule has 2 N–H and O–H groups in total. The van der Waals surface area contributed by atoms with Crippen molar-refractivity contribution in [1.29, 1.82) is 0 Å². The first-order valence-corrected chi connectivity index (χ1v) is 11.1. The van der Waals surface area contributed by atoms with Gasteiger partial charge in [0.25, 0.3) is 0 Å². The van der Waals surface area contributed by atoms with Crippen LogP contribution in [0.1, 0.15) is 39.2 Å². The molecule has 184 valence electrons. The van der Waals surface area contributed by atoms with Crippen molar-refractivity contribution >= 4 is 17.6 Å². The third-order valence-corrected chi connectivity index (χ3v) is 5.35. The van der Waals surface area contributed by atoms with Crippen LogP contribution in [0.25, 0.3) is 0 Å². The van der Waals surface area contributed by atoms with Crippen LogP contribution in [0.5, 0.6) is 0 Å². The number of rotatable bonds is 10. The zero-order chi connectivity index (χ0) is 25.5. The third kappa shape index (κ3) is 5.78. The van der Waals surface area contributed by atoms with E-state index < -0.39 is 16.7 Å². The summed E-state index contributed by atoms with van der Waals surface area (Å²) >= 11 is 0. The van der Waals surface area contributed by atoms with Gasteiger partial charge < -0.3 is 25.3 Å². The van der Waals surface area contributed by atoms with Gasteiger partial charge in [-0.15, -0.1) is 0 Å². The lowest BCUT2D eigenvalue weighted by atomic mass is 9.90. The molecule has 12 nitrogen and oxygen atoms in total. The zero-order valence-corrected chi connectivity index (χ0v) is 19.3. The number of aryl methyl sites for hydroxylation is 1. The second kappa shape index (κ2) is 11.0. The molecular weight excluding hydrogens is 466 g/mol. The smallest absolute Gasteiger partial charge is 0.358 e. The maximum atomic E-state index is 13.0. The third-order valence-electron chi connectivity index (χ3n) is 5.35. The molecule has 0 saturated carbocycles. The number of aromatic nitrogens is 4. The number of carbonyl (C=O) groups is 2. The van der Waals surface area contributed by atoms with Crippen LogP contribution in [-0.4, -0.2) is 49.7 Å². The van der Waals surface area contributed by atoms with Crippen LogP contribution in [0.15, 0.2) is 71.3 Å². The Labute approximate surface area is 205 Å². The molecule has 0 atom stereocenters. The molecule has 0 unspecified atom stereocenters. The van der Waals surface area contributed by atoms with Gasteiger partial charge in [0, 0.05) is 13.1 Å². The summed E-state index contributed by atoms with van der Waals surface area (Å²) in [6.07, 6.45) is 0. The molecule has 0 radical (unpaired) electrons. The minimum atomic E-state index is -0.603. The Hall–Kier alpha value is -4.87. The van der Waals surface area contributed by atoms with E-state index in [4.69, 9.17) is 4.52 Å². The molecule has 2 aromatic carbocycles. The molecule has 0 fully saturated rings. The van der Waals surface area contributed by atoms with Crippen LogP contribution in [0.2, 0.25) is 0 Å². The summed E-state index contributed by atoms with van der Waals surface area (Å²) in [5, 5.41) is 23.9. The zero-order valence-electron chi connectivity index (χ0n) is 19.3.